The van der Waals surface area contributed by atoms with E-state index in [2.05, 4.69) is 36.2 Å². The van der Waals surface area contributed by atoms with Crippen LogP contribution in [-0.4, -0.2) is 46.8 Å². The van der Waals surface area contributed by atoms with Crippen molar-refractivity contribution in [3.63, 3.8) is 0 Å². The lowest BCUT2D eigenvalue weighted by Crippen LogP contribution is -2.24. The molecule has 0 saturated carbocycles. The van der Waals surface area contributed by atoms with Crippen LogP contribution in [0.5, 0.6) is 0 Å². The van der Waals surface area contributed by atoms with Gasteiger partial charge in [-0.25, -0.2) is 0 Å². The zero-order chi connectivity index (χ0) is 28.7. The van der Waals surface area contributed by atoms with Crippen LogP contribution in [0.25, 0.3) is 0 Å². The monoisotopic (exact) mass is 555 g/mol. The third-order valence-corrected chi connectivity index (χ3v) is 6.08. The molecular formula is C26H28F3N9O2. The lowest BCUT2D eigenvalue weighted by Gasteiger charge is -2.08. The minimum atomic E-state index is -4.49. The molecule has 0 radical (unpaired) electrons. The number of pyridine rings is 1. The van der Waals surface area contributed by atoms with Crippen LogP contribution in [0.4, 0.5) is 13.2 Å². The molecule has 1 aromatic carbocycles. The molecule has 0 aliphatic heterocycles. The highest BCUT2D eigenvalue weighted by atomic mass is 19.4. The van der Waals surface area contributed by atoms with Crippen LogP contribution in [0, 0.1) is 13.8 Å². The highest BCUT2D eigenvalue weighted by molar-refractivity contribution is 5.92. The second kappa shape index (κ2) is 12.5. The largest absolute Gasteiger partial charge is 0.416 e. The number of benzene rings is 1. The molecule has 14 heteroatoms. The predicted octanol–water partition coefficient (Wildman–Crippen LogP) is 3.24. The number of amides is 2. The van der Waals surface area contributed by atoms with Crippen molar-refractivity contribution in [2.24, 2.45) is 0 Å². The van der Waals surface area contributed by atoms with Crippen molar-refractivity contribution < 1.29 is 22.8 Å². The quantitative estimate of drug-likeness (QED) is 0.272. The van der Waals surface area contributed by atoms with E-state index in [0.717, 1.165) is 35.0 Å². The van der Waals surface area contributed by atoms with E-state index >= 15 is 0 Å². The van der Waals surface area contributed by atoms with E-state index in [9.17, 15) is 22.8 Å². The van der Waals surface area contributed by atoms with Gasteiger partial charge in [0.25, 0.3) is 11.8 Å². The summed E-state index contributed by atoms with van der Waals surface area (Å²) in [6.45, 7) is 5.23. The van der Waals surface area contributed by atoms with Crippen molar-refractivity contribution in [2.75, 3.05) is 0 Å². The molecule has 0 spiro atoms. The van der Waals surface area contributed by atoms with Crippen LogP contribution in [0.2, 0.25) is 0 Å². The van der Waals surface area contributed by atoms with E-state index in [0.29, 0.717) is 32.5 Å². The molecule has 0 aliphatic rings. The summed E-state index contributed by atoms with van der Waals surface area (Å²) in [6.07, 6.45) is 1.000. The minimum absolute atomic E-state index is 0.0414. The van der Waals surface area contributed by atoms with Crippen molar-refractivity contribution in [3.05, 3.63) is 88.3 Å². The summed E-state index contributed by atoms with van der Waals surface area (Å²) in [4.78, 5) is 28.6. The van der Waals surface area contributed by atoms with Gasteiger partial charge in [0.2, 0.25) is 0 Å². The first-order chi connectivity index (χ1) is 19.1. The first-order valence-corrected chi connectivity index (χ1v) is 12.5. The van der Waals surface area contributed by atoms with E-state index in [1.165, 1.54) is 10.9 Å². The number of rotatable bonds is 11. The first-order valence-electron chi connectivity index (χ1n) is 12.5. The molecule has 3 heterocycles. The number of nitrogens with one attached hydrogen (secondary N) is 2. The van der Waals surface area contributed by atoms with Crippen molar-refractivity contribution >= 4 is 11.8 Å². The van der Waals surface area contributed by atoms with E-state index in [1.807, 2.05) is 32.0 Å². The Balaban J connectivity index is 1.18. The summed E-state index contributed by atoms with van der Waals surface area (Å²) < 4.78 is 41.6. The molecule has 2 amide bonds. The number of hydrogen-bond acceptors (Lipinski definition) is 7. The van der Waals surface area contributed by atoms with E-state index in [4.69, 9.17) is 0 Å². The Labute approximate surface area is 227 Å². The zero-order valence-electron chi connectivity index (χ0n) is 21.9. The Morgan fingerprint density at radius 2 is 1.45 bits per heavy atom. The Hall–Kier alpha value is -4.62. The normalized spacial score (nSPS) is 11.4. The number of carbonyl (C=O) groups excluding carboxylic acids is 2. The summed E-state index contributed by atoms with van der Waals surface area (Å²) in [7, 11) is 0. The molecular weight excluding hydrogens is 527 g/mol. The number of aryl methyl sites for hydroxylation is 4. The molecule has 4 aromatic rings. The van der Waals surface area contributed by atoms with Crippen LogP contribution in [0.3, 0.4) is 0 Å². The van der Waals surface area contributed by atoms with Crippen LogP contribution in [-0.2, 0) is 32.4 Å². The summed E-state index contributed by atoms with van der Waals surface area (Å²) in [6, 6.07) is 7.83. The predicted molar refractivity (Wildman–Crippen MR) is 137 cm³/mol. The van der Waals surface area contributed by atoms with E-state index < -0.39 is 17.6 Å². The summed E-state index contributed by atoms with van der Waals surface area (Å²) >= 11 is 0. The number of alkyl halides is 3. The molecule has 0 fully saturated rings. The Bertz CT molecular complexity index is 1480. The molecule has 11 nitrogen and oxygen atoms in total. The number of nitrogens with zero attached hydrogens (tertiary/aromatic N) is 7. The molecule has 210 valence electrons. The van der Waals surface area contributed by atoms with Crippen molar-refractivity contribution in [2.45, 2.75) is 59.0 Å². The van der Waals surface area contributed by atoms with Gasteiger partial charge in [0.1, 0.15) is 0 Å². The molecule has 3 aromatic heterocycles. The van der Waals surface area contributed by atoms with Crippen molar-refractivity contribution in [1.82, 2.24) is 45.6 Å². The van der Waals surface area contributed by atoms with E-state index in [-0.39, 0.29) is 29.5 Å². The number of unbranched alkanes of at least 4 members (excludes halogenated alkanes) is 1. The van der Waals surface area contributed by atoms with Gasteiger partial charge in [0.05, 0.1) is 30.2 Å². The van der Waals surface area contributed by atoms with Gasteiger partial charge in [0.15, 0.2) is 11.4 Å². The SMILES string of the molecule is Cc1ccc(C)c(CNC(=O)c2cn(CCCCn3cc(C(=O)NCc4cc(C(F)(F)F)ccn4)nn3)nn2)c1. The fourth-order valence-corrected chi connectivity index (χ4v) is 3.84. The van der Waals surface area contributed by atoms with Gasteiger partial charge < -0.3 is 10.6 Å². The topological polar surface area (TPSA) is 133 Å². The highest BCUT2D eigenvalue weighted by Gasteiger charge is 2.30. The lowest BCUT2D eigenvalue weighted by atomic mass is 10.1. The third kappa shape index (κ3) is 7.71. The number of carbonyl (C=O) groups is 2. The standard InChI is InChI=1S/C26H28F3N9O2/c1-17-5-6-18(2)19(11-17)13-31-24(39)22-15-37(35-33-22)9-3-4-10-38-16-23(34-36-38)25(40)32-14-21-12-20(7-8-30-21)26(27,28)29/h5-8,11-12,15-16H,3-4,9-10,13-14H2,1-2H3,(H,31,39)(H,32,40). The van der Waals surface area contributed by atoms with Crippen LogP contribution >= 0.6 is 0 Å². The van der Waals surface area contributed by atoms with Gasteiger partial charge in [-0.3, -0.25) is 23.9 Å². The second-order valence-corrected chi connectivity index (χ2v) is 9.27. The molecule has 0 bridgehead atoms. The van der Waals surface area contributed by atoms with Gasteiger partial charge in [-0.15, -0.1) is 10.2 Å². The van der Waals surface area contributed by atoms with E-state index in [1.54, 1.807) is 10.9 Å². The molecule has 0 atom stereocenters. The molecule has 0 unspecified atom stereocenters. The fourth-order valence-electron chi connectivity index (χ4n) is 3.84. The Morgan fingerprint density at radius 3 is 2.05 bits per heavy atom. The maximum Gasteiger partial charge on any atom is 0.416 e. The zero-order valence-corrected chi connectivity index (χ0v) is 21.9. The fraction of sp³-hybridized carbons (Fsp3) is 0.346. The van der Waals surface area contributed by atoms with Crippen molar-refractivity contribution in [1.29, 1.82) is 0 Å². The molecule has 0 aliphatic carbocycles. The summed E-state index contributed by atoms with van der Waals surface area (Å²) in [5.41, 5.74) is 2.78. The second-order valence-electron chi connectivity index (χ2n) is 9.27. The molecule has 2 N–H and O–H groups in total. The molecule has 0 saturated heterocycles. The maximum atomic E-state index is 12.8. The number of aromatic nitrogens is 7. The highest BCUT2D eigenvalue weighted by Crippen LogP contribution is 2.28. The smallest absolute Gasteiger partial charge is 0.347 e. The first kappa shape index (κ1) is 28.4. The summed E-state index contributed by atoms with van der Waals surface area (Å²) in [5.74, 6) is -0.874. The van der Waals surface area contributed by atoms with Crippen molar-refractivity contribution in [3.8, 4) is 0 Å². The third-order valence-electron chi connectivity index (χ3n) is 6.08. The maximum absolute atomic E-state index is 12.8. The summed E-state index contributed by atoms with van der Waals surface area (Å²) in [5, 5.41) is 21.1. The minimum Gasteiger partial charge on any atom is -0.347 e. The van der Waals surface area contributed by atoms with Crippen LogP contribution in [0.1, 0.15) is 61.8 Å². The average Bonchev–Trinajstić information content (AvgIpc) is 3.60. The number of halogens is 3. The van der Waals surface area contributed by atoms with Gasteiger partial charge in [-0.1, -0.05) is 34.2 Å². The van der Waals surface area contributed by atoms with Crippen LogP contribution < -0.4 is 10.6 Å². The van der Waals surface area contributed by atoms with Crippen LogP contribution in [0.15, 0.2) is 48.9 Å². The van der Waals surface area contributed by atoms with Gasteiger partial charge in [-0.05, 0) is 49.9 Å². The Kier molecular flexibility index (Phi) is 8.86. The lowest BCUT2D eigenvalue weighted by molar-refractivity contribution is -0.137. The number of hydrogen-bond donors (Lipinski definition) is 2. The Morgan fingerprint density at radius 1 is 0.850 bits per heavy atom. The molecule has 4 rings (SSSR count). The molecule has 40 heavy (non-hydrogen) atoms. The van der Waals surface area contributed by atoms with Gasteiger partial charge >= 0.3 is 6.18 Å². The van der Waals surface area contributed by atoms with Gasteiger partial charge in [-0.2, -0.15) is 13.2 Å². The van der Waals surface area contributed by atoms with Gasteiger partial charge in [0, 0.05) is 25.8 Å². The average molecular weight is 556 g/mol.